The van der Waals surface area contributed by atoms with Crippen molar-refractivity contribution in [1.82, 2.24) is 0 Å². The van der Waals surface area contributed by atoms with Crippen LogP contribution in [0.1, 0.15) is 43.4 Å². The minimum absolute atomic E-state index is 0.124. The number of aryl methyl sites for hydroxylation is 2. The van der Waals surface area contributed by atoms with Crippen molar-refractivity contribution < 1.29 is 4.79 Å². The number of benzene rings is 1. The lowest BCUT2D eigenvalue weighted by molar-refractivity contribution is -0.117. The summed E-state index contributed by atoms with van der Waals surface area (Å²) in [5.74, 6) is 0.284. The van der Waals surface area contributed by atoms with E-state index in [1.807, 2.05) is 6.08 Å². The van der Waals surface area contributed by atoms with Crippen LogP contribution in [0, 0.1) is 19.3 Å². The minimum Gasteiger partial charge on any atom is -0.295 e. The van der Waals surface area contributed by atoms with Crippen LogP contribution in [0.25, 0.3) is 0 Å². The molecule has 0 heterocycles. The quantitative estimate of drug-likeness (QED) is 0.761. The fourth-order valence-corrected chi connectivity index (χ4v) is 2.83. The fraction of sp³-hybridized carbons (Fsp3) is 0.471. The van der Waals surface area contributed by atoms with Gasteiger partial charge in [0.25, 0.3) is 0 Å². The van der Waals surface area contributed by atoms with Crippen LogP contribution in [0.5, 0.6) is 0 Å². The highest BCUT2D eigenvalue weighted by atomic mass is 16.1. The molecular weight excluding hydrogens is 220 g/mol. The molecule has 0 fully saturated rings. The van der Waals surface area contributed by atoms with Gasteiger partial charge in [-0.3, -0.25) is 4.79 Å². The zero-order valence-corrected chi connectivity index (χ0v) is 11.8. The molecule has 0 bridgehead atoms. The van der Waals surface area contributed by atoms with Crippen molar-refractivity contribution >= 4 is 5.78 Å². The Morgan fingerprint density at radius 3 is 2.56 bits per heavy atom. The second kappa shape index (κ2) is 4.72. The second-order valence-electron chi connectivity index (χ2n) is 6.39. The Labute approximate surface area is 110 Å². The molecule has 0 atom stereocenters. The van der Waals surface area contributed by atoms with Gasteiger partial charge in [-0.1, -0.05) is 43.2 Å². The van der Waals surface area contributed by atoms with Crippen molar-refractivity contribution in [3.63, 3.8) is 0 Å². The highest BCUT2D eigenvalue weighted by Crippen LogP contribution is 2.35. The van der Waals surface area contributed by atoms with Crippen molar-refractivity contribution in [2.24, 2.45) is 5.41 Å². The molecule has 1 nitrogen and oxygen atoms in total. The number of rotatable bonds is 2. The molecule has 1 aliphatic rings. The zero-order chi connectivity index (χ0) is 13.3. The topological polar surface area (TPSA) is 17.1 Å². The molecule has 0 saturated heterocycles. The molecule has 1 aromatic carbocycles. The van der Waals surface area contributed by atoms with Gasteiger partial charge in [-0.25, -0.2) is 0 Å². The Balaban J connectivity index is 2.24. The summed E-state index contributed by atoms with van der Waals surface area (Å²) in [5, 5.41) is 0. The first-order chi connectivity index (χ1) is 8.35. The van der Waals surface area contributed by atoms with E-state index >= 15 is 0 Å². The molecule has 96 valence electrons. The highest BCUT2D eigenvalue weighted by molar-refractivity contribution is 5.91. The van der Waals surface area contributed by atoms with Crippen LogP contribution in [-0.2, 0) is 11.2 Å². The summed E-state index contributed by atoms with van der Waals surface area (Å²) in [4.78, 5) is 11.8. The van der Waals surface area contributed by atoms with Crippen molar-refractivity contribution in [2.45, 2.75) is 47.0 Å². The number of ketones is 1. The van der Waals surface area contributed by atoms with Gasteiger partial charge in [-0.2, -0.15) is 0 Å². The maximum atomic E-state index is 11.8. The molecule has 1 aliphatic carbocycles. The summed E-state index contributed by atoms with van der Waals surface area (Å²) in [7, 11) is 0. The molecular formula is C17H22O. The minimum atomic E-state index is 0.124. The van der Waals surface area contributed by atoms with E-state index in [0.29, 0.717) is 6.42 Å². The number of carbonyl (C=O) groups is 1. The summed E-state index contributed by atoms with van der Waals surface area (Å²) >= 11 is 0. The lowest BCUT2D eigenvalue weighted by Gasteiger charge is -2.29. The first-order valence-corrected chi connectivity index (χ1v) is 6.64. The first-order valence-electron chi connectivity index (χ1n) is 6.64. The predicted octanol–water partition coefficient (Wildman–Crippen LogP) is 4.16. The second-order valence-corrected chi connectivity index (χ2v) is 6.39. The smallest absolute Gasteiger partial charge is 0.156 e. The molecule has 1 aromatic rings. The normalized spacial score (nSPS) is 18.7. The van der Waals surface area contributed by atoms with Gasteiger partial charge in [-0.05, 0) is 49.3 Å². The predicted molar refractivity (Wildman–Crippen MR) is 75.7 cm³/mol. The van der Waals surface area contributed by atoms with E-state index in [2.05, 4.69) is 45.9 Å². The Morgan fingerprint density at radius 2 is 1.89 bits per heavy atom. The van der Waals surface area contributed by atoms with Gasteiger partial charge < -0.3 is 0 Å². The standard InChI is InChI=1S/C17H22O/c1-12-5-6-13(2)15(7-12)8-14-9-16(18)11-17(3,4)10-14/h5-7,9H,8,10-11H2,1-4H3. The monoisotopic (exact) mass is 242 g/mol. The van der Waals surface area contributed by atoms with Crippen LogP contribution < -0.4 is 0 Å². The third kappa shape index (κ3) is 3.10. The maximum Gasteiger partial charge on any atom is 0.156 e. The summed E-state index contributed by atoms with van der Waals surface area (Å²) in [6, 6.07) is 6.55. The molecule has 18 heavy (non-hydrogen) atoms. The van der Waals surface area contributed by atoms with Crippen LogP contribution in [0.4, 0.5) is 0 Å². The molecule has 0 spiro atoms. The molecule has 0 saturated carbocycles. The summed E-state index contributed by atoms with van der Waals surface area (Å²) in [6.07, 6.45) is 4.51. The van der Waals surface area contributed by atoms with Crippen molar-refractivity contribution in [3.8, 4) is 0 Å². The number of carbonyl (C=O) groups excluding carboxylic acids is 1. The number of hydrogen-bond acceptors (Lipinski definition) is 1. The van der Waals surface area contributed by atoms with Gasteiger partial charge in [-0.15, -0.1) is 0 Å². The van der Waals surface area contributed by atoms with E-state index in [-0.39, 0.29) is 11.2 Å². The number of allylic oxidation sites excluding steroid dienone is 2. The van der Waals surface area contributed by atoms with Gasteiger partial charge in [0.1, 0.15) is 0 Å². The van der Waals surface area contributed by atoms with E-state index in [1.165, 1.54) is 22.3 Å². The molecule has 2 rings (SSSR count). The van der Waals surface area contributed by atoms with Crippen LogP contribution in [0.3, 0.4) is 0 Å². The largest absolute Gasteiger partial charge is 0.295 e. The molecule has 0 aromatic heterocycles. The Kier molecular flexibility index (Phi) is 3.43. The van der Waals surface area contributed by atoms with Gasteiger partial charge in [0.05, 0.1) is 0 Å². The molecule has 0 N–H and O–H groups in total. The van der Waals surface area contributed by atoms with Crippen molar-refractivity contribution in [1.29, 1.82) is 0 Å². The van der Waals surface area contributed by atoms with Crippen LogP contribution in [-0.4, -0.2) is 5.78 Å². The van der Waals surface area contributed by atoms with E-state index in [1.54, 1.807) is 0 Å². The SMILES string of the molecule is Cc1ccc(C)c(CC2=CC(=O)CC(C)(C)C2)c1. The van der Waals surface area contributed by atoms with Gasteiger partial charge in [0, 0.05) is 6.42 Å². The third-order valence-electron chi connectivity index (χ3n) is 3.65. The summed E-state index contributed by atoms with van der Waals surface area (Å²) in [6.45, 7) is 8.63. The van der Waals surface area contributed by atoms with Crippen LogP contribution in [0.15, 0.2) is 29.8 Å². The average Bonchev–Trinajstić information content (AvgIpc) is 2.20. The maximum absolute atomic E-state index is 11.8. The lowest BCUT2D eigenvalue weighted by atomic mass is 9.75. The van der Waals surface area contributed by atoms with E-state index < -0.39 is 0 Å². The van der Waals surface area contributed by atoms with Gasteiger partial charge >= 0.3 is 0 Å². The molecule has 0 aliphatic heterocycles. The van der Waals surface area contributed by atoms with Gasteiger partial charge in [0.2, 0.25) is 0 Å². The van der Waals surface area contributed by atoms with Crippen molar-refractivity contribution in [2.75, 3.05) is 0 Å². The lowest BCUT2D eigenvalue weighted by Crippen LogP contribution is -2.22. The molecule has 0 amide bonds. The van der Waals surface area contributed by atoms with E-state index in [4.69, 9.17) is 0 Å². The Morgan fingerprint density at radius 1 is 1.17 bits per heavy atom. The molecule has 0 radical (unpaired) electrons. The number of hydrogen-bond donors (Lipinski definition) is 0. The average molecular weight is 242 g/mol. The molecule has 1 heteroatoms. The van der Waals surface area contributed by atoms with Crippen LogP contribution >= 0.6 is 0 Å². The first kappa shape index (κ1) is 13.1. The summed E-state index contributed by atoms with van der Waals surface area (Å²) < 4.78 is 0. The van der Waals surface area contributed by atoms with Crippen molar-refractivity contribution in [3.05, 3.63) is 46.5 Å². The van der Waals surface area contributed by atoms with Crippen LogP contribution in [0.2, 0.25) is 0 Å². The fourth-order valence-electron chi connectivity index (χ4n) is 2.83. The van der Waals surface area contributed by atoms with E-state index in [9.17, 15) is 4.79 Å². The summed E-state index contributed by atoms with van der Waals surface area (Å²) in [5.41, 5.74) is 5.37. The third-order valence-corrected chi connectivity index (χ3v) is 3.65. The van der Waals surface area contributed by atoms with Gasteiger partial charge in [0.15, 0.2) is 5.78 Å². The Bertz CT molecular complexity index is 506. The highest BCUT2D eigenvalue weighted by Gasteiger charge is 2.27. The zero-order valence-electron chi connectivity index (χ0n) is 11.8. The van der Waals surface area contributed by atoms with E-state index in [0.717, 1.165) is 12.8 Å². The molecule has 0 unspecified atom stereocenters. The Hall–Kier alpha value is -1.37.